The van der Waals surface area contributed by atoms with E-state index in [0.717, 1.165) is 17.5 Å². The van der Waals surface area contributed by atoms with Crippen LogP contribution in [0.2, 0.25) is 0 Å². The number of hydrogen-bond acceptors (Lipinski definition) is 5. The predicted molar refractivity (Wildman–Crippen MR) is 164 cm³/mol. The molecule has 3 amide bonds. The van der Waals surface area contributed by atoms with Crippen LogP contribution in [0.4, 0.5) is 4.79 Å². The van der Waals surface area contributed by atoms with Crippen LogP contribution in [-0.4, -0.2) is 46.1 Å². The zero-order valence-corrected chi connectivity index (χ0v) is 24.8. The van der Waals surface area contributed by atoms with Crippen LogP contribution in [0.15, 0.2) is 91.5 Å². The van der Waals surface area contributed by atoms with Crippen molar-refractivity contribution in [2.75, 3.05) is 6.54 Å². The average Bonchev–Trinajstić information content (AvgIpc) is 2.96. The number of alkyl carbamates (subject to hydrolysis) is 1. The molecule has 0 bridgehead atoms. The van der Waals surface area contributed by atoms with Gasteiger partial charge in [0, 0.05) is 19.5 Å². The van der Waals surface area contributed by atoms with Crippen LogP contribution in [0.25, 0.3) is 0 Å². The van der Waals surface area contributed by atoms with E-state index in [1.54, 1.807) is 39.0 Å². The van der Waals surface area contributed by atoms with Gasteiger partial charge < -0.3 is 25.4 Å². The number of carbonyl (C=O) groups is 3. The first-order chi connectivity index (χ1) is 20.0. The molecular formula is C34H41N3O5. The van der Waals surface area contributed by atoms with E-state index in [4.69, 9.17) is 4.74 Å². The molecule has 3 N–H and O–H groups in total. The molecule has 0 saturated carbocycles. The Bertz CT molecular complexity index is 1330. The molecule has 3 aromatic carbocycles. The number of nitrogens with one attached hydrogen (secondary N) is 2. The van der Waals surface area contributed by atoms with Crippen molar-refractivity contribution in [3.63, 3.8) is 0 Å². The molecule has 0 spiro atoms. The summed E-state index contributed by atoms with van der Waals surface area (Å²) < 4.78 is 5.46. The van der Waals surface area contributed by atoms with Gasteiger partial charge in [-0.25, -0.2) is 4.79 Å². The highest BCUT2D eigenvalue weighted by Crippen LogP contribution is 2.25. The van der Waals surface area contributed by atoms with Crippen molar-refractivity contribution in [3.05, 3.63) is 114 Å². The fourth-order valence-electron chi connectivity index (χ4n) is 4.47. The largest absolute Gasteiger partial charge is 0.508 e. The fourth-order valence-corrected chi connectivity index (χ4v) is 4.47. The Labute approximate surface area is 248 Å². The highest BCUT2D eigenvalue weighted by atomic mass is 16.6. The summed E-state index contributed by atoms with van der Waals surface area (Å²) in [5.41, 5.74) is 2.58. The van der Waals surface area contributed by atoms with Crippen LogP contribution >= 0.6 is 0 Å². The molecule has 222 valence electrons. The molecule has 42 heavy (non-hydrogen) atoms. The van der Waals surface area contributed by atoms with Gasteiger partial charge in [0.1, 0.15) is 23.4 Å². The highest BCUT2D eigenvalue weighted by Gasteiger charge is 2.36. The number of rotatable bonds is 12. The second-order valence-electron chi connectivity index (χ2n) is 11.0. The first-order valence-corrected chi connectivity index (χ1v) is 14.1. The van der Waals surface area contributed by atoms with E-state index in [0.29, 0.717) is 11.1 Å². The number of phenols is 1. The second kappa shape index (κ2) is 14.9. The zero-order chi connectivity index (χ0) is 30.7. The highest BCUT2D eigenvalue weighted by molar-refractivity contribution is 5.92. The minimum atomic E-state index is -1.07. The molecule has 3 rings (SSSR count). The molecule has 0 fully saturated rings. The standard InChI is InChI=1S/C34H41N3O5/c1-6-21-37(32(40)29(36-33(41)42-34(3,4)5)22-25-15-19-28(38)20-16-25)30(27-17-13-24(7-2)14-18-27)31(39)35-23-26-11-9-8-10-12-26/h6,8-20,29-30,38H,1,7,21-23H2,2-5H3,(H,35,39)(H,36,41). The van der Waals surface area contributed by atoms with E-state index < -0.39 is 29.7 Å². The number of aryl methyl sites for hydroxylation is 1. The maximum atomic E-state index is 14.3. The van der Waals surface area contributed by atoms with Gasteiger partial charge in [-0.05, 0) is 61.6 Å². The summed E-state index contributed by atoms with van der Waals surface area (Å²) in [5.74, 6) is -0.757. The van der Waals surface area contributed by atoms with E-state index in [9.17, 15) is 19.5 Å². The number of amides is 3. The number of hydrogen-bond donors (Lipinski definition) is 3. The molecule has 2 atom stereocenters. The van der Waals surface area contributed by atoms with Gasteiger partial charge in [-0.1, -0.05) is 79.7 Å². The summed E-state index contributed by atoms with van der Waals surface area (Å²) in [6.07, 6.45) is 1.74. The van der Waals surface area contributed by atoms with Crippen molar-refractivity contribution >= 4 is 17.9 Å². The van der Waals surface area contributed by atoms with Gasteiger partial charge in [-0.3, -0.25) is 9.59 Å². The molecule has 8 nitrogen and oxygen atoms in total. The van der Waals surface area contributed by atoms with Gasteiger partial charge in [0.05, 0.1) is 0 Å². The molecule has 0 aliphatic carbocycles. The van der Waals surface area contributed by atoms with Gasteiger partial charge >= 0.3 is 6.09 Å². The summed E-state index contributed by atoms with van der Waals surface area (Å²) in [4.78, 5) is 42.4. The average molecular weight is 572 g/mol. The lowest BCUT2D eigenvalue weighted by Crippen LogP contribution is -2.53. The lowest BCUT2D eigenvalue weighted by molar-refractivity contribution is -0.141. The van der Waals surface area contributed by atoms with Gasteiger partial charge in [-0.15, -0.1) is 6.58 Å². The van der Waals surface area contributed by atoms with Gasteiger partial charge in [-0.2, -0.15) is 0 Å². The Morgan fingerprint density at radius 1 is 0.929 bits per heavy atom. The van der Waals surface area contributed by atoms with Gasteiger partial charge in [0.25, 0.3) is 0 Å². The summed E-state index contributed by atoms with van der Waals surface area (Å²) in [6, 6.07) is 21.4. The Morgan fingerprint density at radius 3 is 2.12 bits per heavy atom. The van der Waals surface area contributed by atoms with Crippen molar-refractivity contribution in [3.8, 4) is 5.75 Å². The molecule has 0 heterocycles. The molecular weight excluding hydrogens is 530 g/mol. The summed E-state index contributed by atoms with van der Waals surface area (Å²) >= 11 is 0. The molecule has 3 aromatic rings. The van der Waals surface area contributed by atoms with Crippen LogP contribution in [0.5, 0.6) is 5.75 Å². The van der Waals surface area contributed by atoms with Crippen LogP contribution in [0.3, 0.4) is 0 Å². The first-order valence-electron chi connectivity index (χ1n) is 14.1. The first kappa shape index (κ1) is 31.9. The summed E-state index contributed by atoms with van der Waals surface area (Å²) in [5, 5.41) is 15.4. The minimum absolute atomic E-state index is 0.0554. The van der Waals surface area contributed by atoms with Crippen molar-refractivity contribution in [1.82, 2.24) is 15.5 Å². The van der Waals surface area contributed by atoms with E-state index >= 15 is 0 Å². The van der Waals surface area contributed by atoms with Crippen LogP contribution < -0.4 is 10.6 Å². The quantitative estimate of drug-likeness (QED) is 0.250. The van der Waals surface area contributed by atoms with E-state index in [-0.39, 0.29) is 31.2 Å². The lowest BCUT2D eigenvalue weighted by atomic mass is 9.99. The number of nitrogens with zero attached hydrogens (tertiary/aromatic N) is 1. The second-order valence-corrected chi connectivity index (χ2v) is 11.0. The van der Waals surface area contributed by atoms with Crippen molar-refractivity contribution in [2.45, 2.75) is 64.8 Å². The smallest absolute Gasteiger partial charge is 0.408 e. The van der Waals surface area contributed by atoms with Crippen molar-refractivity contribution < 1.29 is 24.2 Å². The van der Waals surface area contributed by atoms with Gasteiger partial charge in [0.2, 0.25) is 11.8 Å². The monoisotopic (exact) mass is 571 g/mol. The third-order valence-electron chi connectivity index (χ3n) is 6.55. The topological polar surface area (TPSA) is 108 Å². The maximum Gasteiger partial charge on any atom is 0.408 e. The zero-order valence-electron chi connectivity index (χ0n) is 24.8. The molecule has 2 unspecified atom stereocenters. The Balaban J connectivity index is 2.00. The van der Waals surface area contributed by atoms with Crippen LogP contribution in [0.1, 0.15) is 56.0 Å². The molecule has 0 aliphatic heterocycles. The molecule has 0 aromatic heterocycles. The number of ether oxygens (including phenoxy) is 1. The van der Waals surface area contributed by atoms with Crippen molar-refractivity contribution in [2.24, 2.45) is 0 Å². The number of phenolic OH excluding ortho intramolecular Hbond substituents is 1. The fraction of sp³-hybridized carbons (Fsp3) is 0.324. The van der Waals surface area contributed by atoms with E-state index in [2.05, 4.69) is 17.2 Å². The lowest BCUT2D eigenvalue weighted by Gasteiger charge is -2.34. The predicted octanol–water partition coefficient (Wildman–Crippen LogP) is 5.46. The Kier molecular flexibility index (Phi) is 11.3. The van der Waals surface area contributed by atoms with E-state index in [1.807, 2.05) is 61.5 Å². The number of benzene rings is 3. The van der Waals surface area contributed by atoms with Crippen molar-refractivity contribution in [1.29, 1.82) is 0 Å². The van der Waals surface area contributed by atoms with E-state index in [1.165, 1.54) is 17.0 Å². The third kappa shape index (κ3) is 9.51. The minimum Gasteiger partial charge on any atom is -0.508 e. The Hall–Kier alpha value is -4.59. The Morgan fingerprint density at radius 2 is 1.55 bits per heavy atom. The maximum absolute atomic E-state index is 14.3. The SMILES string of the molecule is C=CCN(C(=O)C(Cc1ccc(O)cc1)NC(=O)OC(C)(C)C)C(C(=O)NCc1ccccc1)c1ccc(CC)cc1. The van der Waals surface area contributed by atoms with Crippen LogP contribution in [0, 0.1) is 0 Å². The number of carbonyl (C=O) groups excluding carboxylic acids is 3. The van der Waals surface area contributed by atoms with Gasteiger partial charge in [0.15, 0.2) is 0 Å². The molecule has 0 radical (unpaired) electrons. The molecule has 8 heteroatoms. The number of aromatic hydroxyl groups is 1. The summed E-state index contributed by atoms with van der Waals surface area (Å²) in [6.45, 7) is 11.4. The third-order valence-corrected chi connectivity index (χ3v) is 6.55. The summed E-state index contributed by atoms with van der Waals surface area (Å²) in [7, 11) is 0. The normalized spacial score (nSPS) is 12.5. The van der Waals surface area contributed by atoms with Crippen LogP contribution in [-0.2, 0) is 33.7 Å². The molecule has 0 aliphatic rings. The molecule has 0 saturated heterocycles.